The molecule has 9 heteroatoms. The van der Waals surface area contributed by atoms with E-state index in [1.54, 1.807) is 29.2 Å². The molecule has 2 aromatic carbocycles. The molecule has 0 aliphatic heterocycles. The number of thioether (sulfide) groups is 2. The van der Waals surface area contributed by atoms with E-state index in [-0.39, 0.29) is 6.10 Å². The van der Waals surface area contributed by atoms with Crippen molar-refractivity contribution >= 4 is 46.7 Å². The molecule has 3 rings (SSSR count). The molecular formula is C31H42N2O4S3. The molecule has 0 saturated heterocycles. The number of ether oxygens (including phenoxy) is 1. The average molecular weight is 603 g/mol. The van der Waals surface area contributed by atoms with Gasteiger partial charge in [0.15, 0.2) is 0 Å². The summed E-state index contributed by atoms with van der Waals surface area (Å²) in [6.07, 6.45) is 8.21. The van der Waals surface area contributed by atoms with E-state index in [4.69, 9.17) is 4.74 Å². The highest BCUT2D eigenvalue weighted by Gasteiger charge is 2.23. The van der Waals surface area contributed by atoms with E-state index < -0.39 is 17.9 Å². The molecule has 2 N–H and O–H groups in total. The average Bonchev–Trinajstić information content (AvgIpc) is 3.43. The standard InChI is InChI=1S/C28H34N2O4S2.C3H8S/c1-5-8-26-29-16-25(36-26)19(3)34-17-20-11-12-22(23(15-20)21-10-7-6-9-18(21)2)27(31)30-24(28(32)33)13-14-35-4;1-3-4-2/h6-7,9-12,15-16,19,24H,5,8,13-14,17H2,1-4H3,(H,30,31)(H,32,33);3H2,1-2H3. The van der Waals surface area contributed by atoms with E-state index in [0.717, 1.165) is 45.0 Å². The quantitative estimate of drug-likeness (QED) is 0.196. The summed E-state index contributed by atoms with van der Waals surface area (Å²) in [5, 5.41) is 13.4. The number of nitrogens with zero attached hydrogens (tertiary/aromatic N) is 1. The highest BCUT2D eigenvalue weighted by atomic mass is 32.2. The summed E-state index contributed by atoms with van der Waals surface area (Å²) in [5.41, 5.74) is 4.11. The summed E-state index contributed by atoms with van der Waals surface area (Å²) >= 11 is 5.09. The Labute approximate surface area is 251 Å². The van der Waals surface area contributed by atoms with Crippen LogP contribution in [0.4, 0.5) is 0 Å². The fourth-order valence-electron chi connectivity index (χ4n) is 3.85. The van der Waals surface area contributed by atoms with E-state index in [2.05, 4.69) is 30.4 Å². The van der Waals surface area contributed by atoms with Gasteiger partial charge in [-0.1, -0.05) is 44.2 Å². The number of hydrogen-bond acceptors (Lipinski definition) is 7. The van der Waals surface area contributed by atoms with Crippen LogP contribution in [0.2, 0.25) is 0 Å². The van der Waals surface area contributed by atoms with Crippen molar-refractivity contribution in [3.8, 4) is 11.1 Å². The number of carbonyl (C=O) groups is 2. The van der Waals surface area contributed by atoms with Crippen LogP contribution in [0.25, 0.3) is 11.1 Å². The van der Waals surface area contributed by atoms with Gasteiger partial charge in [0.1, 0.15) is 6.04 Å². The molecule has 1 amide bonds. The van der Waals surface area contributed by atoms with Crippen molar-refractivity contribution in [1.82, 2.24) is 10.3 Å². The third kappa shape index (κ3) is 10.6. The van der Waals surface area contributed by atoms with Crippen molar-refractivity contribution in [2.24, 2.45) is 0 Å². The van der Waals surface area contributed by atoms with E-state index in [1.807, 2.05) is 74.5 Å². The molecule has 0 saturated carbocycles. The van der Waals surface area contributed by atoms with Crippen molar-refractivity contribution in [2.75, 3.05) is 24.0 Å². The van der Waals surface area contributed by atoms with Crippen molar-refractivity contribution in [1.29, 1.82) is 0 Å². The van der Waals surface area contributed by atoms with Crippen LogP contribution in [0.1, 0.15) is 71.1 Å². The lowest BCUT2D eigenvalue weighted by molar-refractivity contribution is -0.139. The van der Waals surface area contributed by atoms with Crippen molar-refractivity contribution in [3.05, 3.63) is 75.2 Å². The molecule has 0 fully saturated rings. The number of amides is 1. The number of carbonyl (C=O) groups excluding carboxylic acids is 1. The summed E-state index contributed by atoms with van der Waals surface area (Å²) in [5.74, 6) is 0.463. The summed E-state index contributed by atoms with van der Waals surface area (Å²) in [4.78, 5) is 30.5. The molecule has 218 valence electrons. The Hall–Kier alpha value is -2.33. The molecule has 2 atom stereocenters. The Morgan fingerprint density at radius 3 is 2.45 bits per heavy atom. The van der Waals surface area contributed by atoms with E-state index in [9.17, 15) is 14.7 Å². The second-order valence-corrected chi connectivity index (χ2v) is 12.6. The Bertz CT molecular complexity index is 1210. The van der Waals surface area contributed by atoms with Crippen LogP contribution < -0.4 is 5.32 Å². The maximum absolute atomic E-state index is 13.2. The van der Waals surface area contributed by atoms with Crippen molar-refractivity contribution in [2.45, 2.75) is 65.7 Å². The number of thiazole rings is 1. The smallest absolute Gasteiger partial charge is 0.326 e. The Kier molecular flexibility index (Phi) is 15.4. The molecular weight excluding hydrogens is 561 g/mol. The normalized spacial score (nSPS) is 12.2. The van der Waals surface area contributed by atoms with Crippen LogP contribution in [-0.2, 0) is 22.6 Å². The van der Waals surface area contributed by atoms with Gasteiger partial charge in [-0.15, -0.1) is 11.3 Å². The molecule has 40 heavy (non-hydrogen) atoms. The molecule has 0 radical (unpaired) electrons. The zero-order valence-electron chi connectivity index (χ0n) is 24.4. The molecule has 3 aromatic rings. The predicted octanol–water partition coefficient (Wildman–Crippen LogP) is 7.65. The fraction of sp³-hybridized carbons (Fsp3) is 0.452. The van der Waals surface area contributed by atoms with Crippen LogP contribution in [0.5, 0.6) is 0 Å². The van der Waals surface area contributed by atoms with Crippen LogP contribution in [0.15, 0.2) is 48.7 Å². The number of aromatic nitrogens is 1. The zero-order chi connectivity index (χ0) is 29.5. The number of nitrogens with one attached hydrogen (secondary N) is 1. The highest BCUT2D eigenvalue weighted by molar-refractivity contribution is 7.98. The number of carboxylic acids is 1. The van der Waals surface area contributed by atoms with Crippen molar-refractivity contribution in [3.63, 3.8) is 0 Å². The molecule has 6 nitrogen and oxygen atoms in total. The van der Waals surface area contributed by atoms with Crippen LogP contribution in [-0.4, -0.2) is 52.0 Å². The minimum absolute atomic E-state index is 0.0919. The maximum atomic E-state index is 13.2. The van der Waals surface area contributed by atoms with Crippen molar-refractivity contribution < 1.29 is 19.4 Å². The summed E-state index contributed by atoms with van der Waals surface area (Å²) < 4.78 is 6.16. The second kappa shape index (κ2) is 18.2. The maximum Gasteiger partial charge on any atom is 0.326 e. The lowest BCUT2D eigenvalue weighted by Gasteiger charge is -2.18. The van der Waals surface area contributed by atoms with E-state index in [0.29, 0.717) is 24.3 Å². The minimum atomic E-state index is -1.03. The van der Waals surface area contributed by atoms with Gasteiger partial charge in [0.05, 0.1) is 22.6 Å². The number of carboxylic acid groups (broad SMARTS) is 1. The largest absolute Gasteiger partial charge is 0.480 e. The first-order valence-electron chi connectivity index (χ1n) is 13.5. The van der Waals surface area contributed by atoms with Gasteiger partial charge in [-0.3, -0.25) is 4.79 Å². The summed E-state index contributed by atoms with van der Waals surface area (Å²) in [7, 11) is 0. The number of aryl methyl sites for hydroxylation is 2. The summed E-state index contributed by atoms with van der Waals surface area (Å²) in [6, 6.07) is 12.5. The molecule has 1 heterocycles. The minimum Gasteiger partial charge on any atom is -0.480 e. The molecule has 0 aliphatic rings. The van der Waals surface area contributed by atoms with Gasteiger partial charge >= 0.3 is 5.97 Å². The van der Waals surface area contributed by atoms with Crippen LogP contribution in [0.3, 0.4) is 0 Å². The van der Waals surface area contributed by atoms with Gasteiger partial charge in [-0.2, -0.15) is 23.5 Å². The van der Waals surface area contributed by atoms with E-state index >= 15 is 0 Å². The topological polar surface area (TPSA) is 88.5 Å². The number of hydrogen-bond donors (Lipinski definition) is 2. The third-order valence-corrected chi connectivity index (χ3v) is 8.64. The van der Waals surface area contributed by atoms with Gasteiger partial charge in [0.2, 0.25) is 0 Å². The number of benzene rings is 2. The monoisotopic (exact) mass is 602 g/mol. The molecule has 0 spiro atoms. The van der Waals surface area contributed by atoms with Crippen LogP contribution >= 0.6 is 34.9 Å². The van der Waals surface area contributed by atoms with Gasteiger partial charge < -0.3 is 15.2 Å². The van der Waals surface area contributed by atoms with Gasteiger partial charge in [0.25, 0.3) is 5.91 Å². The second-order valence-electron chi connectivity index (χ2n) is 9.28. The molecule has 1 aromatic heterocycles. The first-order valence-corrected chi connectivity index (χ1v) is 17.1. The molecule has 2 unspecified atom stereocenters. The first kappa shape index (κ1) is 33.9. The molecule has 0 bridgehead atoms. The fourth-order valence-corrected chi connectivity index (χ4v) is 5.35. The van der Waals surface area contributed by atoms with E-state index in [1.165, 1.54) is 5.75 Å². The Morgan fingerprint density at radius 1 is 1.10 bits per heavy atom. The van der Waals surface area contributed by atoms with Gasteiger partial charge in [0, 0.05) is 11.8 Å². The summed E-state index contributed by atoms with van der Waals surface area (Å²) in [6.45, 7) is 8.69. The third-order valence-electron chi connectivity index (χ3n) is 6.20. The van der Waals surface area contributed by atoms with Gasteiger partial charge in [-0.25, -0.2) is 9.78 Å². The number of rotatable bonds is 14. The van der Waals surface area contributed by atoms with Gasteiger partial charge in [-0.05, 0) is 91.5 Å². The molecule has 0 aliphatic carbocycles. The Morgan fingerprint density at radius 2 is 1.82 bits per heavy atom. The number of aliphatic carboxylic acids is 1. The zero-order valence-corrected chi connectivity index (χ0v) is 26.8. The SMILES string of the molecule is CCCc1ncc(C(C)OCc2ccc(C(=O)NC(CCSC)C(=O)O)c(-c3ccccc3C)c2)s1.CCSC. The van der Waals surface area contributed by atoms with Crippen LogP contribution in [0, 0.1) is 6.92 Å². The lowest BCUT2D eigenvalue weighted by atomic mass is 9.93. The lowest BCUT2D eigenvalue weighted by Crippen LogP contribution is -2.41. The first-order chi connectivity index (χ1) is 19.2. The predicted molar refractivity (Wildman–Crippen MR) is 172 cm³/mol. The highest BCUT2D eigenvalue weighted by Crippen LogP contribution is 2.30. The Balaban J connectivity index is 0.00000131.